The number of rotatable bonds is 8. The average molecular weight is 379 g/mol. The fourth-order valence-electron chi connectivity index (χ4n) is 3.01. The summed E-state index contributed by atoms with van der Waals surface area (Å²) in [6.45, 7) is 8.91. The van der Waals surface area contributed by atoms with Crippen LogP contribution < -0.4 is 10.1 Å². The Kier molecular flexibility index (Phi) is 7.38. The Morgan fingerprint density at radius 3 is 2.42 bits per heavy atom. The first-order valence-electron chi connectivity index (χ1n) is 9.17. The van der Waals surface area contributed by atoms with Crippen molar-refractivity contribution in [3.8, 4) is 5.75 Å². The third-order valence-electron chi connectivity index (χ3n) is 4.32. The molecule has 2 amide bonds. The Hall–Kier alpha value is -1.69. The molecular formula is C20H30N2O3S. The van der Waals surface area contributed by atoms with Gasteiger partial charge in [-0.1, -0.05) is 39.8 Å². The summed E-state index contributed by atoms with van der Waals surface area (Å²) in [7, 11) is 1.63. The quantitative estimate of drug-likeness (QED) is 0.753. The Morgan fingerprint density at radius 1 is 1.23 bits per heavy atom. The molecule has 1 aliphatic heterocycles. The van der Waals surface area contributed by atoms with Crippen LogP contribution in [0.25, 0.3) is 0 Å². The van der Waals surface area contributed by atoms with Gasteiger partial charge in [0.2, 0.25) is 11.8 Å². The third-order valence-corrected chi connectivity index (χ3v) is 5.55. The fourth-order valence-corrected chi connectivity index (χ4v) is 4.24. The normalized spacial score (nSPS) is 18.5. The summed E-state index contributed by atoms with van der Waals surface area (Å²) in [6.07, 6.45) is 0.656. The monoisotopic (exact) mass is 378 g/mol. The van der Waals surface area contributed by atoms with Crippen molar-refractivity contribution in [3.05, 3.63) is 29.8 Å². The van der Waals surface area contributed by atoms with Crippen LogP contribution in [0.5, 0.6) is 5.75 Å². The first-order valence-corrected chi connectivity index (χ1v) is 10.2. The van der Waals surface area contributed by atoms with Crippen LogP contribution in [-0.2, 0) is 9.59 Å². The van der Waals surface area contributed by atoms with Crippen molar-refractivity contribution in [1.29, 1.82) is 0 Å². The molecule has 0 saturated carbocycles. The van der Waals surface area contributed by atoms with E-state index < -0.39 is 6.04 Å². The van der Waals surface area contributed by atoms with Gasteiger partial charge in [0.15, 0.2) is 0 Å². The number of hydrogen-bond donors (Lipinski definition) is 1. The molecule has 6 heteroatoms. The second-order valence-corrected chi connectivity index (χ2v) is 8.59. The van der Waals surface area contributed by atoms with Gasteiger partial charge in [0.1, 0.15) is 17.2 Å². The van der Waals surface area contributed by atoms with Crippen LogP contribution in [0.2, 0.25) is 0 Å². The first-order chi connectivity index (χ1) is 12.3. The number of nitrogens with zero attached hydrogens (tertiary/aromatic N) is 1. The number of ether oxygens (including phenoxy) is 1. The van der Waals surface area contributed by atoms with Gasteiger partial charge in [0.05, 0.1) is 12.9 Å². The van der Waals surface area contributed by atoms with Crippen LogP contribution in [0.1, 0.15) is 45.1 Å². The maximum absolute atomic E-state index is 12.9. The molecule has 2 atom stereocenters. The summed E-state index contributed by atoms with van der Waals surface area (Å²) in [4.78, 5) is 27.3. The number of carbonyl (C=O) groups excluding carboxylic acids is 2. The summed E-state index contributed by atoms with van der Waals surface area (Å²) in [5.41, 5.74) is 1.02. The summed E-state index contributed by atoms with van der Waals surface area (Å²) in [6, 6.07) is 7.30. The van der Waals surface area contributed by atoms with E-state index in [1.807, 2.05) is 24.3 Å². The summed E-state index contributed by atoms with van der Waals surface area (Å²) >= 11 is 1.58. The fraction of sp³-hybridized carbons (Fsp3) is 0.600. The number of hydrogen-bond acceptors (Lipinski definition) is 4. The number of nitrogens with one attached hydrogen (secondary N) is 1. The van der Waals surface area contributed by atoms with Gasteiger partial charge in [-0.25, -0.2) is 0 Å². The highest BCUT2D eigenvalue weighted by molar-refractivity contribution is 8.00. The topological polar surface area (TPSA) is 58.6 Å². The summed E-state index contributed by atoms with van der Waals surface area (Å²) in [5.74, 6) is 1.85. The molecule has 0 spiro atoms. The molecule has 0 aliphatic carbocycles. The largest absolute Gasteiger partial charge is 0.497 e. The molecule has 1 heterocycles. The van der Waals surface area contributed by atoms with E-state index in [2.05, 4.69) is 33.0 Å². The average Bonchev–Trinajstić information content (AvgIpc) is 2.98. The van der Waals surface area contributed by atoms with Gasteiger partial charge in [-0.3, -0.25) is 9.59 Å². The van der Waals surface area contributed by atoms with E-state index in [1.54, 1.807) is 23.8 Å². The lowest BCUT2D eigenvalue weighted by molar-refractivity contribution is -0.139. The van der Waals surface area contributed by atoms with Gasteiger partial charge in [-0.15, -0.1) is 11.8 Å². The zero-order valence-corrected chi connectivity index (χ0v) is 17.1. The molecule has 1 saturated heterocycles. The number of amides is 2. The molecule has 2 rings (SSSR count). The van der Waals surface area contributed by atoms with E-state index in [-0.39, 0.29) is 17.2 Å². The number of carbonyl (C=O) groups is 2. The smallest absolute Gasteiger partial charge is 0.242 e. The first kappa shape index (κ1) is 20.6. The summed E-state index contributed by atoms with van der Waals surface area (Å²) in [5, 5.41) is 2.88. The molecule has 1 N–H and O–H groups in total. The van der Waals surface area contributed by atoms with Gasteiger partial charge >= 0.3 is 0 Å². The van der Waals surface area contributed by atoms with Gasteiger partial charge in [-0.2, -0.15) is 0 Å². The van der Waals surface area contributed by atoms with Crippen molar-refractivity contribution < 1.29 is 14.3 Å². The molecular weight excluding hydrogens is 348 g/mol. The van der Waals surface area contributed by atoms with Crippen LogP contribution in [0, 0.1) is 11.8 Å². The Labute approximate surface area is 160 Å². The molecule has 5 nitrogen and oxygen atoms in total. The van der Waals surface area contributed by atoms with Crippen molar-refractivity contribution in [2.45, 2.75) is 45.5 Å². The molecule has 0 aromatic heterocycles. The van der Waals surface area contributed by atoms with Crippen LogP contribution in [0.3, 0.4) is 0 Å². The molecule has 1 fully saturated rings. The van der Waals surface area contributed by atoms with Gasteiger partial charge in [0, 0.05) is 6.54 Å². The Morgan fingerprint density at radius 2 is 1.88 bits per heavy atom. The zero-order valence-electron chi connectivity index (χ0n) is 16.3. The molecule has 144 valence electrons. The van der Waals surface area contributed by atoms with E-state index in [0.717, 1.165) is 11.3 Å². The van der Waals surface area contributed by atoms with E-state index in [4.69, 9.17) is 4.74 Å². The van der Waals surface area contributed by atoms with E-state index in [1.165, 1.54) is 0 Å². The van der Waals surface area contributed by atoms with E-state index in [0.29, 0.717) is 30.6 Å². The predicted molar refractivity (Wildman–Crippen MR) is 106 cm³/mol. The molecule has 0 radical (unpaired) electrons. The van der Waals surface area contributed by atoms with Crippen LogP contribution in [0.4, 0.5) is 0 Å². The van der Waals surface area contributed by atoms with Crippen molar-refractivity contribution in [3.63, 3.8) is 0 Å². The molecule has 0 unspecified atom stereocenters. The van der Waals surface area contributed by atoms with E-state index >= 15 is 0 Å². The molecule has 1 aromatic carbocycles. The van der Waals surface area contributed by atoms with Crippen molar-refractivity contribution >= 4 is 23.6 Å². The van der Waals surface area contributed by atoms with Crippen LogP contribution >= 0.6 is 11.8 Å². The molecule has 1 aromatic rings. The van der Waals surface area contributed by atoms with Crippen molar-refractivity contribution in [2.24, 2.45) is 11.8 Å². The maximum atomic E-state index is 12.9. The predicted octanol–water partition coefficient (Wildman–Crippen LogP) is 3.46. The Bertz CT molecular complexity index is 616. The minimum Gasteiger partial charge on any atom is -0.497 e. The molecule has 0 bridgehead atoms. The van der Waals surface area contributed by atoms with Crippen molar-refractivity contribution in [2.75, 3.05) is 19.4 Å². The molecule has 26 heavy (non-hydrogen) atoms. The highest BCUT2D eigenvalue weighted by atomic mass is 32.2. The zero-order chi connectivity index (χ0) is 19.3. The second kappa shape index (κ2) is 9.31. The lowest BCUT2D eigenvalue weighted by Gasteiger charge is -2.33. The Balaban J connectivity index is 2.26. The van der Waals surface area contributed by atoms with Crippen LogP contribution in [0.15, 0.2) is 24.3 Å². The lowest BCUT2D eigenvalue weighted by Crippen LogP contribution is -2.49. The van der Waals surface area contributed by atoms with Gasteiger partial charge in [-0.05, 0) is 36.0 Å². The third kappa shape index (κ3) is 5.16. The minimum atomic E-state index is -0.441. The van der Waals surface area contributed by atoms with E-state index in [9.17, 15) is 9.59 Å². The molecule has 1 aliphatic rings. The summed E-state index contributed by atoms with van der Waals surface area (Å²) < 4.78 is 5.22. The lowest BCUT2D eigenvalue weighted by atomic mass is 10.00. The van der Waals surface area contributed by atoms with Crippen LogP contribution in [-0.4, -0.2) is 42.2 Å². The highest BCUT2D eigenvalue weighted by Gasteiger charge is 2.41. The van der Waals surface area contributed by atoms with Gasteiger partial charge in [0.25, 0.3) is 0 Å². The number of benzene rings is 1. The minimum absolute atomic E-state index is 0.0289. The highest BCUT2D eigenvalue weighted by Crippen LogP contribution is 2.41. The standard InChI is InChI=1S/C20H30N2O3S/c1-13(2)10-17(19(24)21-11-14(3)4)22-18(23)12-26-20(22)15-6-8-16(25-5)9-7-15/h6-9,13-14,17,20H,10-12H2,1-5H3,(H,21,24)/t17-,20+/m1/s1. The van der Waals surface area contributed by atoms with Gasteiger partial charge < -0.3 is 15.0 Å². The number of methoxy groups -OCH3 is 1. The SMILES string of the molecule is COc1ccc([C@@H]2SCC(=O)N2[C@H](CC(C)C)C(=O)NCC(C)C)cc1. The second-order valence-electron chi connectivity index (χ2n) is 7.52. The maximum Gasteiger partial charge on any atom is 0.242 e. The van der Waals surface area contributed by atoms with Crippen molar-refractivity contribution in [1.82, 2.24) is 10.2 Å². The number of thioether (sulfide) groups is 1.